The quantitative estimate of drug-likeness (QED) is 0.627. The van der Waals surface area contributed by atoms with Crippen molar-refractivity contribution in [2.24, 2.45) is 7.05 Å². The lowest BCUT2D eigenvalue weighted by atomic mass is 9.98. The van der Waals surface area contributed by atoms with E-state index in [1.54, 1.807) is 17.7 Å². The van der Waals surface area contributed by atoms with Crippen molar-refractivity contribution in [2.75, 3.05) is 13.1 Å². The molecule has 28 heavy (non-hydrogen) atoms. The van der Waals surface area contributed by atoms with E-state index in [0.29, 0.717) is 23.1 Å². The molecule has 1 saturated heterocycles. The Kier molecular flexibility index (Phi) is 5.17. The van der Waals surface area contributed by atoms with Gasteiger partial charge in [0.15, 0.2) is 0 Å². The van der Waals surface area contributed by atoms with Gasteiger partial charge in [0.05, 0.1) is 10.0 Å². The molecule has 0 N–H and O–H groups in total. The van der Waals surface area contributed by atoms with Crippen molar-refractivity contribution in [1.29, 1.82) is 0 Å². The van der Waals surface area contributed by atoms with E-state index in [9.17, 15) is 13.2 Å². The molecule has 4 rings (SSSR count). The number of piperidine rings is 1. The molecule has 1 aromatic carbocycles. The summed E-state index contributed by atoms with van der Waals surface area (Å²) in [6.07, 6.45) is 1.46. The van der Waals surface area contributed by atoms with E-state index in [-0.39, 0.29) is 22.4 Å². The second-order valence-electron chi connectivity index (χ2n) is 6.70. The molecule has 7 nitrogen and oxygen atoms in total. The van der Waals surface area contributed by atoms with Crippen LogP contribution in [0.1, 0.15) is 24.6 Å². The van der Waals surface area contributed by atoms with Crippen LogP contribution in [0.25, 0.3) is 5.69 Å². The van der Waals surface area contributed by atoms with Gasteiger partial charge >= 0.3 is 5.69 Å². The topological polar surface area (TPSA) is 77.2 Å². The number of halogens is 1. The maximum atomic E-state index is 13.0. The van der Waals surface area contributed by atoms with Gasteiger partial charge in [0, 0.05) is 26.1 Å². The number of para-hydroxylation sites is 1. The van der Waals surface area contributed by atoms with Crippen molar-refractivity contribution in [3.8, 4) is 5.69 Å². The first-order valence-corrected chi connectivity index (χ1v) is 11.5. The molecule has 3 heterocycles. The van der Waals surface area contributed by atoms with Crippen molar-refractivity contribution in [3.05, 3.63) is 63.1 Å². The molecule has 0 radical (unpaired) electrons. The van der Waals surface area contributed by atoms with E-state index < -0.39 is 10.0 Å². The molecule has 0 unspecified atom stereocenters. The van der Waals surface area contributed by atoms with Gasteiger partial charge in [0.25, 0.3) is 10.0 Å². The first-order chi connectivity index (χ1) is 13.4. The van der Waals surface area contributed by atoms with Crippen LogP contribution in [0, 0.1) is 0 Å². The molecule has 1 aliphatic rings. The highest BCUT2D eigenvalue weighted by Gasteiger charge is 2.34. The highest BCUT2D eigenvalue weighted by Crippen LogP contribution is 2.33. The second-order valence-corrected chi connectivity index (χ2v) is 10.6. The molecule has 0 aliphatic carbocycles. The van der Waals surface area contributed by atoms with Crippen molar-refractivity contribution in [3.63, 3.8) is 0 Å². The lowest BCUT2D eigenvalue weighted by molar-refractivity contribution is 0.307. The zero-order valence-corrected chi connectivity index (χ0v) is 17.5. The van der Waals surface area contributed by atoms with E-state index in [1.165, 1.54) is 15.1 Å². The third-order valence-corrected chi connectivity index (χ3v) is 8.42. The summed E-state index contributed by atoms with van der Waals surface area (Å²) in [5.74, 6) is 0.413. The molecule has 1 atom stereocenters. The summed E-state index contributed by atoms with van der Waals surface area (Å²) >= 11 is 6.98. The van der Waals surface area contributed by atoms with Crippen LogP contribution in [0.2, 0.25) is 4.34 Å². The zero-order valence-electron chi connectivity index (χ0n) is 15.2. The van der Waals surface area contributed by atoms with E-state index in [1.807, 2.05) is 30.3 Å². The van der Waals surface area contributed by atoms with Gasteiger partial charge in [0.1, 0.15) is 10.0 Å². The van der Waals surface area contributed by atoms with Gasteiger partial charge in [-0.25, -0.2) is 22.5 Å². The molecule has 1 fully saturated rings. The number of aryl methyl sites for hydroxylation is 1. The average molecular weight is 439 g/mol. The highest BCUT2D eigenvalue weighted by atomic mass is 35.5. The predicted octanol–water partition coefficient (Wildman–Crippen LogP) is 2.85. The number of aromatic nitrogens is 3. The molecular weight excluding hydrogens is 420 g/mol. The van der Waals surface area contributed by atoms with Crippen LogP contribution in [-0.4, -0.2) is 40.2 Å². The van der Waals surface area contributed by atoms with Crippen molar-refractivity contribution in [2.45, 2.75) is 23.0 Å². The van der Waals surface area contributed by atoms with Gasteiger partial charge in [0.2, 0.25) is 0 Å². The Bertz CT molecular complexity index is 1150. The van der Waals surface area contributed by atoms with Gasteiger partial charge in [-0.3, -0.25) is 0 Å². The Labute approximate surface area is 171 Å². The van der Waals surface area contributed by atoms with Gasteiger partial charge in [-0.2, -0.15) is 9.40 Å². The SMILES string of the molecule is Cn1nc([C@@H]2CCCN(S(=O)(=O)c3ccc(Cl)s3)C2)n(-c2ccccc2)c1=O. The normalized spacial score (nSPS) is 18.4. The summed E-state index contributed by atoms with van der Waals surface area (Å²) in [6.45, 7) is 0.720. The van der Waals surface area contributed by atoms with Gasteiger partial charge < -0.3 is 0 Å². The summed E-state index contributed by atoms with van der Waals surface area (Å²) in [5.41, 5.74) is 0.479. The largest absolute Gasteiger partial charge is 0.350 e. The molecule has 3 aromatic rings. The number of rotatable bonds is 4. The molecule has 0 bridgehead atoms. The maximum Gasteiger partial charge on any atom is 0.350 e. The summed E-state index contributed by atoms with van der Waals surface area (Å²) in [4.78, 5) is 12.7. The second kappa shape index (κ2) is 7.47. The highest BCUT2D eigenvalue weighted by molar-refractivity contribution is 7.91. The van der Waals surface area contributed by atoms with Crippen LogP contribution in [0.15, 0.2) is 51.5 Å². The molecule has 1 aliphatic heterocycles. The smallest absolute Gasteiger partial charge is 0.247 e. The number of hydrogen-bond donors (Lipinski definition) is 0. The summed E-state index contributed by atoms with van der Waals surface area (Å²) in [7, 11) is -2.01. The number of nitrogens with zero attached hydrogens (tertiary/aromatic N) is 4. The fourth-order valence-corrected chi connectivity index (χ4v) is 6.66. The summed E-state index contributed by atoms with van der Waals surface area (Å²) < 4.78 is 31.0. The number of thiophene rings is 1. The molecule has 0 saturated carbocycles. The minimum absolute atomic E-state index is 0.173. The van der Waals surface area contributed by atoms with E-state index in [0.717, 1.165) is 23.4 Å². The van der Waals surface area contributed by atoms with Gasteiger partial charge in [-0.05, 0) is 37.1 Å². The fraction of sp³-hybridized carbons (Fsp3) is 0.333. The van der Waals surface area contributed by atoms with Crippen molar-refractivity contribution < 1.29 is 8.42 Å². The Morgan fingerprint density at radius 3 is 2.61 bits per heavy atom. The van der Waals surface area contributed by atoms with Crippen molar-refractivity contribution >= 4 is 33.0 Å². The number of benzene rings is 1. The van der Waals surface area contributed by atoms with Crippen LogP contribution in [0.5, 0.6) is 0 Å². The first-order valence-electron chi connectivity index (χ1n) is 8.85. The minimum Gasteiger partial charge on any atom is -0.247 e. The van der Waals surface area contributed by atoms with E-state index in [4.69, 9.17) is 11.6 Å². The lowest BCUT2D eigenvalue weighted by Gasteiger charge is -2.31. The standard InChI is InChI=1S/C18H19ClN4O3S2/c1-21-18(24)23(14-7-3-2-4-8-14)17(20-21)13-6-5-11-22(12-13)28(25,26)16-10-9-15(19)27-16/h2-4,7-10,13H,5-6,11-12H2,1H3/t13-/m1/s1. The number of sulfonamides is 1. The zero-order chi connectivity index (χ0) is 19.9. The Balaban J connectivity index is 1.70. The van der Waals surface area contributed by atoms with E-state index >= 15 is 0 Å². The molecule has 0 amide bonds. The first kappa shape index (κ1) is 19.4. The number of hydrogen-bond acceptors (Lipinski definition) is 5. The molecular formula is C18H19ClN4O3S2. The van der Waals surface area contributed by atoms with Crippen LogP contribution in [-0.2, 0) is 17.1 Å². The van der Waals surface area contributed by atoms with Gasteiger partial charge in [-0.15, -0.1) is 11.3 Å². The maximum absolute atomic E-state index is 13.0. The average Bonchev–Trinajstić information content (AvgIpc) is 3.27. The van der Waals surface area contributed by atoms with Crippen molar-refractivity contribution in [1.82, 2.24) is 18.7 Å². The lowest BCUT2D eigenvalue weighted by Crippen LogP contribution is -2.39. The van der Waals surface area contributed by atoms with E-state index in [2.05, 4.69) is 5.10 Å². The van der Waals surface area contributed by atoms with Crippen LogP contribution in [0.3, 0.4) is 0 Å². The van der Waals surface area contributed by atoms with Crippen LogP contribution < -0.4 is 5.69 Å². The Hall–Kier alpha value is -1.94. The molecule has 148 valence electrons. The van der Waals surface area contributed by atoms with Crippen LogP contribution >= 0.6 is 22.9 Å². The third-order valence-electron chi connectivity index (χ3n) is 4.86. The minimum atomic E-state index is -3.62. The van der Waals surface area contributed by atoms with Gasteiger partial charge in [-0.1, -0.05) is 29.8 Å². The third kappa shape index (κ3) is 3.43. The Morgan fingerprint density at radius 1 is 1.18 bits per heavy atom. The monoisotopic (exact) mass is 438 g/mol. The Morgan fingerprint density at radius 2 is 1.93 bits per heavy atom. The molecule has 2 aromatic heterocycles. The fourth-order valence-electron chi connectivity index (χ4n) is 3.50. The predicted molar refractivity (Wildman–Crippen MR) is 109 cm³/mol. The summed E-state index contributed by atoms with van der Waals surface area (Å²) in [6, 6.07) is 12.4. The summed E-state index contributed by atoms with van der Waals surface area (Å²) in [5, 5.41) is 4.43. The molecule has 0 spiro atoms. The van der Waals surface area contributed by atoms with Crippen LogP contribution in [0.4, 0.5) is 0 Å². The molecule has 10 heteroatoms.